The number of benzene rings is 2. The summed E-state index contributed by atoms with van der Waals surface area (Å²) >= 11 is 0. The van der Waals surface area contributed by atoms with Gasteiger partial charge in [0.25, 0.3) is 5.91 Å². The third kappa shape index (κ3) is 4.72. The van der Waals surface area contributed by atoms with E-state index < -0.39 is 6.04 Å². The van der Waals surface area contributed by atoms with Gasteiger partial charge >= 0.3 is 0 Å². The molecule has 136 valence electrons. The zero-order valence-corrected chi connectivity index (χ0v) is 15.3. The quantitative estimate of drug-likeness (QED) is 0.899. The number of aryl methyl sites for hydroxylation is 1. The van der Waals surface area contributed by atoms with Crippen molar-refractivity contribution in [3.8, 4) is 0 Å². The van der Waals surface area contributed by atoms with E-state index in [0.717, 1.165) is 37.1 Å². The fourth-order valence-electron chi connectivity index (χ4n) is 3.33. The second-order valence-electron chi connectivity index (χ2n) is 6.97. The van der Waals surface area contributed by atoms with E-state index in [2.05, 4.69) is 5.32 Å². The summed E-state index contributed by atoms with van der Waals surface area (Å²) in [6, 6.07) is 16.7. The fourth-order valence-corrected chi connectivity index (χ4v) is 3.33. The molecule has 2 amide bonds. The van der Waals surface area contributed by atoms with E-state index in [1.165, 1.54) is 6.42 Å². The number of likely N-dealkylation sites (tertiary alicyclic amines) is 1. The minimum absolute atomic E-state index is 0.0222. The molecule has 0 unspecified atom stereocenters. The molecule has 1 aliphatic rings. The molecule has 1 heterocycles. The van der Waals surface area contributed by atoms with Crippen LogP contribution >= 0.6 is 0 Å². The van der Waals surface area contributed by atoms with Crippen LogP contribution in [0.25, 0.3) is 0 Å². The Balaban J connectivity index is 1.76. The van der Waals surface area contributed by atoms with E-state index >= 15 is 0 Å². The highest BCUT2D eigenvalue weighted by Crippen LogP contribution is 2.13. The molecule has 0 aliphatic carbocycles. The highest BCUT2D eigenvalue weighted by molar-refractivity contribution is 5.97. The largest absolute Gasteiger partial charge is 0.341 e. The Morgan fingerprint density at radius 1 is 0.962 bits per heavy atom. The third-order valence-corrected chi connectivity index (χ3v) is 4.87. The van der Waals surface area contributed by atoms with E-state index in [9.17, 15) is 9.59 Å². The smallest absolute Gasteiger partial charge is 0.251 e. The Morgan fingerprint density at radius 3 is 2.27 bits per heavy atom. The van der Waals surface area contributed by atoms with Crippen molar-refractivity contribution >= 4 is 11.8 Å². The first-order valence-corrected chi connectivity index (χ1v) is 9.34. The standard InChI is InChI=1S/C22H26N2O2/c1-17-10-12-19(13-11-17)21(25)23-20(16-18-8-4-2-5-9-18)22(26)24-14-6-3-7-15-24/h2,4-5,8-13,20H,3,6-7,14-16H2,1H3,(H,23,25)/t20-/m1/s1. The van der Waals surface area contributed by atoms with Crippen LogP contribution in [-0.2, 0) is 11.2 Å². The van der Waals surface area contributed by atoms with E-state index in [4.69, 9.17) is 0 Å². The van der Waals surface area contributed by atoms with Crippen LogP contribution in [0, 0.1) is 6.92 Å². The molecule has 3 rings (SSSR count). The van der Waals surface area contributed by atoms with Gasteiger partial charge in [0, 0.05) is 25.1 Å². The number of carbonyl (C=O) groups is 2. The van der Waals surface area contributed by atoms with Crippen molar-refractivity contribution in [1.29, 1.82) is 0 Å². The summed E-state index contributed by atoms with van der Waals surface area (Å²) in [7, 11) is 0. The highest BCUT2D eigenvalue weighted by Gasteiger charge is 2.27. The summed E-state index contributed by atoms with van der Waals surface area (Å²) in [4.78, 5) is 27.6. The van der Waals surface area contributed by atoms with Gasteiger partial charge in [0.15, 0.2) is 0 Å². The van der Waals surface area contributed by atoms with E-state index in [1.807, 2.05) is 54.3 Å². The molecule has 1 aliphatic heterocycles. The van der Waals surface area contributed by atoms with Crippen LogP contribution in [0.3, 0.4) is 0 Å². The van der Waals surface area contributed by atoms with Gasteiger partial charge in [-0.2, -0.15) is 0 Å². The van der Waals surface area contributed by atoms with Gasteiger partial charge in [0.05, 0.1) is 0 Å². The van der Waals surface area contributed by atoms with Crippen LogP contribution in [0.2, 0.25) is 0 Å². The number of amides is 2. The molecule has 0 saturated carbocycles. The fraction of sp³-hybridized carbons (Fsp3) is 0.364. The molecule has 26 heavy (non-hydrogen) atoms. The number of nitrogens with one attached hydrogen (secondary N) is 1. The van der Waals surface area contributed by atoms with Crippen molar-refractivity contribution in [2.24, 2.45) is 0 Å². The van der Waals surface area contributed by atoms with Gasteiger partial charge in [0.2, 0.25) is 5.91 Å². The lowest BCUT2D eigenvalue weighted by molar-refractivity contribution is -0.134. The van der Waals surface area contributed by atoms with E-state index in [0.29, 0.717) is 12.0 Å². The number of hydrogen-bond acceptors (Lipinski definition) is 2. The summed E-state index contributed by atoms with van der Waals surface area (Å²) in [5.74, 6) is -0.176. The molecule has 4 nitrogen and oxygen atoms in total. The summed E-state index contributed by atoms with van der Waals surface area (Å²) in [5, 5.41) is 2.97. The lowest BCUT2D eigenvalue weighted by Crippen LogP contribution is -2.51. The van der Waals surface area contributed by atoms with E-state index in [-0.39, 0.29) is 11.8 Å². The van der Waals surface area contributed by atoms with Crippen LogP contribution in [-0.4, -0.2) is 35.8 Å². The van der Waals surface area contributed by atoms with Crippen molar-refractivity contribution in [3.05, 3.63) is 71.3 Å². The normalized spacial score (nSPS) is 15.3. The molecule has 1 atom stereocenters. The SMILES string of the molecule is Cc1ccc(C(=O)N[C@H](Cc2ccccc2)C(=O)N2CCCCC2)cc1. The number of hydrogen-bond donors (Lipinski definition) is 1. The van der Waals surface area contributed by atoms with Crippen molar-refractivity contribution < 1.29 is 9.59 Å². The average Bonchev–Trinajstić information content (AvgIpc) is 2.69. The first-order valence-electron chi connectivity index (χ1n) is 9.34. The zero-order chi connectivity index (χ0) is 18.4. The van der Waals surface area contributed by atoms with Crippen molar-refractivity contribution in [2.45, 2.75) is 38.6 Å². The molecule has 0 radical (unpaired) electrons. The summed E-state index contributed by atoms with van der Waals surface area (Å²) in [6.07, 6.45) is 3.75. The Hall–Kier alpha value is -2.62. The van der Waals surface area contributed by atoms with Crippen molar-refractivity contribution in [2.75, 3.05) is 13.1 Å². The Labute approximate surface area is 155 Å². The van der Waals surface area contributed by atoms with Gasteiger partial charge in [0.1, 0.15) is 6.04 Å². The second kappa shape index (κ2) is 8.65. The molecule has 1 N–H and O–H groups in total. The number of carbonyl (C=O) groups excluding carboxylic acids is 2. The average molecular weight is 350 g/mol. The number of nitrogens with zero attached hydrogens (tertiary/aromatic N) is 1. The molecular weight excluding hydrogens is 324 g/mol. The minimum Gasteiger partial charge on any atom is -0.341 e. The van der Waals surface area contributed by atoms with Crippen molar-refractivity contribution in [1.82, 2.24) is 10.2 Å². The molecule has 2 aromatic carbocycles. The van der Waals surface area contributed by atoms with Gasteiger partial charge < -0.3 is 10.2 Å². The van der Waals surface area contributed by atoms with Crippen LogP contribution in [0.5, 0.6) is 0 Å². The number of rotatable bonds is 5. The Kier molecular flexibility index (Phi) is 6.05. The lowest BCUT2D eigenvalue weighted by Gasteiger charge is -2.31. The molecule has 4 heteroatoms. The predicted octanol–water partition coefficient (Wildman–Crippen LogP) is 3.35. The van der Waals surface area contributed by atoms with Crippen LogP contribution in [0.15, 0.2) is 54.6 Å². The van der Waals surface area contributed by atoms with Gasteiger partial charge in [-0.05, 0) is 43.9 Å². The Bertz CT molecular complexity index is 734. The Morgan fingerprint density at radius 2 is 1.62 bits per heavy atom. The summed E-state index contributed by atoms with van der Waals surface area (Å²) in [5.41, 5.74) is 2.74. The van der Waals surface area contributed by atoms with Gasteiger partial charge in [-0.15, -0.1) is 0 Å². The molecular formula is C22H26N2O2. The molecule has 0 aromatic heterocycles. The minimum atomic E-state index is -0.538. The lowest BCUT2D eigenvalue weighted by atomic mass is 10.0. The second-order valence-corrected chi connectivity index (χ2v) is 6.97. The van der Waals surface area contributed by atoms with Gasteiger partial charge in [-0.25, -0.2) is 0 Å². The molecule has 0 bridgehead atoms. The number of piperidine rings is 1. The maximum absolute atomic E-state index is 13.0. The maximum Gasteiger partial charge on any atom is 0.251 e. The van der Waals surface area contributed by atoms with Crippen LogP contribution in [0.1, 0.15) is 40.7 Å². The first kappa shape index (κ1) is 18.2. The maximum atomic E-state index is 13.0. The monoisotopic (exact) mass is 350 g/mol. The molecule has 2 aromatic rings. The van der Waals surface area contributed by atoms with E-state index in [1.54, 1.807) is 12.1 Å². The van der Waals surface area contributed by atoms with Crippen molar-refractivity contribution in [3.63, 3.8) is 0 Å². The topological polar surface area (TPSA) is 49.4 Å². The molecule has 1 saturated heterocycles. The van der Waals surface area contributed by atoms with Crippen LogP contribution < -0.4 is 5.32 Å². The summed E-state index contributed by atoms with van der Waals surface area (Å²) in [6.45, 7) is 3.55. The molecule has 1 fully saturated rings. The van der Waals surface area contributed by atoms with Gasteiger partial charge in [-0.1, -0.05) is 48.0 Å². The summed E-state index contributed by atoms with van der Waals surface area (Å²) < 4.78 is 0. The molecule has 0 spiro atoms. The first-order chi connectivity index (χ1) is 12.6. The zero-order valence-electron chi connectivity index (χ0n) is 15.3. The highest BCUT2D eigenvalue weighted by atomic mass is 16.2. The van der Waals surface area contributed by atoms with Gasteiger partial charge in [-0.3, -0.25) is 9.59 Å². The third-order valence-electron chi connectivity index (χ3n) is 4.87. The van der Waals surface area contributed by atoms with Crippen LogP contribution in [0.4, 0.5) is 0 Å². The predicted molar refractivity (Wildman–Crippen MR) is 103 cm³/mol.